The number of hydrogen-bond acceptors (Lipinski definition) is 2. The van der Waals surface area contributed by atoms with Gasteiger partial charge in [0.05, 0.1) is 9.77 Å². The average molecular weight is 273 g/mol. The van der Waals surface area contributed by atoms with E-state index in [-0.39, 0.29) is 0 Å². The van der Waals surface area contributed by atoms with E-state index in [9.17, 15) is 8.78 Å². The molecule has 0 amide bonds. The molecular weight excluding hydrogens is 267 g/mol. The van der Waals surface area contributed by atoms with E-state index in [1.54, 1.807) is 0 Å². The zero-order valence-electron chi connectivity index (χ0n) is 5.47. The van der Waals surface area contributed by atoms with Crippen molar-refractivity contribution in [3.63, 3.8) is 0 Å². The maximum absolute atomic E-state index is 11.8. The first-order valence-electron chi connectivity index (χ1n) is 2.86. The molecule has 2 N–H and O–H groups in total. The molecule has 1 aromatic rings. The molecule has 0 saturated heterocycles. The van der Waals surface area contributed by atoms with Gasteiger partial charge in [0.25, 0.3) is 6.43 Å². The Morgan fingerprint density at radius 1 is 1.73 bits per heavy atom. The van der Waals surface area contributed by atoms with Crippen LogP contribution in [0.15, 0.2) is 6.20 Å². The summed E-state index contributed by atoms with van der Waals surface area (Å²) in [4.78, 5) is 0. The Morgan fingerprint density at radius 2 is 2.36 bits per heavy atom. The van der Waals surface area contributed by atoms with Crippen molar-refractivity contribution in [2.24, 2.45) is 0 Å². The molecule has 0 aliphatic rings. The number of nitrogens with zero attached hydrogens (tertiary/aromatic N) is 2. The minimum Gasteiger partial charge on any atom is -0.383 e. The number of alkyl halides is 2. The van der Waals surface area contributed by atoms with Crippen LogP contribution in [0.5, 0.6) is 0 Å². The third-order valence-electron chi connectivity index (χ3n) is 1.14. The van der Waals surface area contributed by atoms with Crippen LogP contribution in [-0.4, -0.2) is 16.2 Å². The molecule has 0 aliphatic carbocycles. The fourth-order valence-corrected chi connectivity index (χ4v) is 1.05. The highest BCUT2D eigenvalue weighted by atomic mass is 127. The monoisotopic (exact) mass is 273 g/mol. The summed E-state index contributed by atoms with van der Waals surface area (Å²) < 4.78 is 25.4. The van der Waals surface area contributed by atoms with Gasteiger partial charge in [-0.3, -0.25) is 0 Å². The van der Waals surface area contributed by atoms with Gasteiger partial charge in [-0.1, -0.05) is 0 Å². The van der Waals surface area contributed by atoms with Crippen LogP contribution in [0.4, 0.5) is 14.6 Å². The minimum atomic E-state index is -2.41. The van der Waals surface area contributed by atoms with Gasteiger partial charge >= 0.3 is 0 Å². The lowest BCUT2D eigenvalue weighted by atomic mass is 10.6. The lowest BCUT2D eigenvalue weighted by Gasteiger charge is -2.01. The Balaban J connectivity index is 2.79. The van der Waals surface area contributed by atoms with Crippen molar-refractivity contribution in [2.75, 3.05) is 5.73 Å². The van der Waals surface area contributed by atoms with Crippen molar-refractivity contribution in [3.05, 3.63) is 9.77 Å². The molecule has 0 aliphatic heterocycles. The third kappa shape index (κ3) is 2.01. The fourth-order valence-electron chi connectivity index (χ4n) is 0.648. The molecule has 0 bridgehead atoms. The Kier molecular flexibility index (Phi) is 2.63. The van der Waals surface area contributed by atoms with Crippen molar-refractivity contribution in [2.45, 2.75) is 13.0 Å². The molecular formula is C5H6F2IN3. The molecule has 0 spiro atoms. The zero-order valence-corrected chi connectivity index (χ0v) is 7.62. The van der Waals surface area contributed by atoms with E-state index in [0.717, 1.165) is 4.68 Å². The first kappa shape index (κ1) is 8.69. The van der Waals surface area contributed by atoms with E-state index in [0.29, 0.717) is 9.39 Å². The van der Waals surface area contributed by atoms with Crippen molar-refractivity contribution < 1.29 is 8.78 Å². The van der Waals surface area contributed by atoms with Crippen molar-refractivity contribution in [1.82, 2.24) is 9.78 Å². The first-order valence-corrected chi connectivity index (χ1v) is 3.94. The van der Waals surface area contributed by atoms with Gasteiger partial charge in [-0.25, -0.2) is 13.5 Å². The SMILES string of the molecule is Nc1c(I)cnn1CC(F)F. The average Bonchev–Trinajstić information content (AvgIpc) is 2.18. The van der Waals surface area contributed by atoms with E-state index in [2.05, 4.69) is 5.10 Å². The second-order valence-corrected chi connectivity index (χ2v) is 3.11. The van der Waals surface area contributed by atoms with Crippen molar-refractivity contribution in [3.8, 4) is 0 Å². The summed E-state index contributed by atoms with van der Waals surface area (Å²) in [6.07, 6.45) is -0.953. The lowest BCUT2D eigenvalue weighted by molar-refractivity contribution is 0.122. The summed E-state index contributed by atoms with van der Waals surface area (Å²) in [5, 5.41) is 3.66. The van der Waals surface area contributed by atoms with Crippen LogP contribution in [0, 0.1) is 3.57 Å². The Bertz CT molecular complexity index is 248. The number of anilines is 1. The molecule has 0 unspecified atom stereocenters. The van der Waals surface area contributed by atoms with Gasteiger partial charge in [-0.05, 0) is 22.6 Å². The zero-order chi connectivity index (χ0) is 8.43. The largest absolute Gasteiger partial charge is 0.383 e. The first-order chi connectivity index (χ1) is 5.11. The van der Waals surface area contributed by atoms with E-state index < -0.39 is 13.0 Å². The molecule has 11 heavy (non-hydrogen) atoms. The number of aromatic nitrogens is 2. The van der Waals surface area contributed by atoms with Gasteiger partial charge in [0.15, 0.2) is 0 Å². The van der Waals surface area contributed by atoms with E-state index >= 15 is 0 Å². The van der Waals surface area contributed by atoms with Crippen LogP contribution >= 0.6 is 22.6 Å². The second kappa shape index (κ2) is 3.33. The smallest absolute Gasteiger partial charge is 0.258 e. The van der Waals surface area contributed by atoms with Gasteiger partial charge in [0.1, 0.15) is 12.4 Å². The van der Waals surface area contributed by atoms with E-state index in [4.69, 9.17) is 5.73 Å². The summed E-state index contributed by atoms with van der Waals surface area (Å²) in [7, 11) is 0. The van der Waals surface area contributed by atoms with Crippen LogP contribution < -0.4 is 5.73 Å². The summed E-state index contributed by atoms with van der Waals surface area (Å²) in [5.74, 6) is 0.297. The predicted octanol–water partition coefficient (Wildman–Crippen LogP) is 1.33. The summed E-state index contributed by atoms with van der Waals surface area (Å²) in [5.41, 5.74) is 5.41. The normalized spacial score (nSPS) is 10.9. The summed E-state index contributed by atoms with van der Waals surface area (Å²) in [6, 6.07) is 0. The van der Waals surface area contributed by atoms with Gasteiger partial charge in [-0.15, -0.1) is 0 Å². The third-order valence-corrected chi connectivity index (χ3v) is 1.98. The highest BCUT2D eigenvalue weighted by Gasteiger charge is 2.09. The van der Waals surface area contributed by atoms with E-state index in [1.165, 1.54) is 6.20 Å². The number of hydrogen-bond donors (Lipinski definition) is 1. The molecule has 62 valence electrons. The Hall–Kier alpha value is -0.400. The maximum Gasteiger partial charge on any atom is 0.258 e. The molecule has 1 rings (SSSR count). The Morgan fingerprint density at radius 3 is 2.73 bits per heavy atom. The van der Waals surface area contributed by atoms with E-state index in [1.807, 2.05) is 22.6 Å². The number of rotatable bonds is 2. The van der Waals surface area contributed by atoms with Gasteiger partial charge in [0.2, 0.25) is 0 Å². The molecule has 0 fully saturated rings. The second-order valence-electron chi connectivity index (χ2n) is 1.95. The molecule has 6 heteroatoms. The standard InChI is InChI=1S/C5H6F2IN3/c6-4(7)2-11-5(9)3(8)1-10-11/h1,4H,2,9H2. The molecule has 0 radical (unpaired) electrons. The molecule has 1 aromatic heterocycles. The fraction of sp³-hybridized carbons (Fsp3) is 0.400. The van der Waals surface area contributed by atoms with Gasteiger partial charge in [-0.2, -0.15) is 5.10 Å². The topological polar surface area (TPSA) is 43.8 Å². The summed E-state index contributed by atoms with van der Waals surface area (Å²) in [6.45, 7) is -0.436. The summed E-state index contributed by atoms with van der Waals surface area (Å²) >= 11 is 1.94. The van der Waals surface area contributed by atoms with Gasteiger partial charge in [0, 0.05) is 0 Å². The van der Waals surface area contributed by atoms with Crippen molar-refractivity contribution >= 4 is 28.4 Å². The van der Waals surface area contributed by atoms with Crippen molar-refractivity contribution in [1.29, 1.82) is 0 Å². The number of halogens is 3. The highest BCUT2D eigenvalue weighted by Crippen LogP contribution is 2.14. The number of nitrogens with two attached hydrogens (primary N) is 1. The van der Waals surface area contributed by atoms with Crippen LogP contribution in [0.3, 0.4) is 0 Å². The molecule has 0 atom stereocenters. The molecule has 3 nitrogen and oxygen atoms in total. The van der Waals surface area contributed by atoms with Crippen LogP contribution in [0.25, 0.3) is 0 Å². The maximum atomic E-state index is 11.8. The van der Waals surface area contributed by atoms with Crippen LogP contribution in [-0.2, 0) is 6.54 Å². The van der Waals surface area contributed by atoms with Crippen LogP contribution in [0.1, 0.15) is 0 Å². The van der Waals surface area contributed by atoms with Crippen LogP contribution in [0.2, 0.25) is 0 Å². The minimum absolute atomic E-state index is 0.297. The predicted molar refractivity (Wildman–Crippen MR) is 45.4 cm³/mol. The molecule has 0 aromatic carbocycles. The Labute approximate surface area is 75.7 Å². The number of nitrogen functional groups attached to an aromatic ring is 1. The van der Waals surface area contributed by atoms with Gasteiger partial charge < -0.3 is 5.73 Å². The highest BCUT2D eigenvalue weighted by molar-refractivity contribution is 14.1. The quantitative estimate of drug-likeness (QED) is 0.826. The molecule has 0 saturated carbocycles. The lowest BCUT2D eigenvalue weighted by Crippen LogP contribution is -2.10. The molecule has 1 heterocycles.